The van der Waals surface area contributed by atoms with Crippen molar-refractivity contribution in [3.63, 3.8) is 0 Å². The molecule has 0 atom stereocenters. The first-order valence-corrected chi connectivity index (χ1v) is 10.4. The van der Waals surface area contributed by atoms with Crippen LogP contribution < -0.4 is 4.90 Å². The molecule has 0 aromatic heterocycles. The highest BCUT2D eigenvalue weighted by atomic mass is 35.5. The van der Waals surface area contributed by atoms with Crippen molar-refractivity contribution in [3.8, 4) is 0 Å². The van der Waals surface area contributed by atoms with E-state index < -0.39 is 0 Å². The van der Waals surface area contributed by atoms with Crippen LogP contribution in [0.3, 0.4) is 0 Å². The molecule has 0 bridgehead atoms. The van der Waals surface area contributed by atoms with Crippen LogP contribution in [0.2, 0.25) is 10.0 Å². The molecule has 3 aromatic rings. The SMILES string of the molecule is Cc1ccc(N2C(=O)C(Sc3ccc(Cl)cc3)=C(c3ccccc3)C2=O)cc1Cl. The summed E-state index contributed by atoms with van der Waals surface area (Å²) in [5.41, 5.74) is 2.41. The first kappa shape index (κ1) is 19.8. The Balaban J connectivity index is 1.81. The first-order valence-electron chi connectivity index (χ1n) is 8.84. The topological polar surface area (TPSA) is 37.4 Å². The number of anilines is 1. The summed E-state index contributed by atoms with van der Waals surface area (Å²) >= 11 is 13.5. The molecule has 144 valence electrons. The van der Waals surface area contributed by atoms with Gasteiger partial charge in [0.05, 0.1) is 16.2 Å². The summed E-state index contributed by atoms with van der Waals surface area (Å²) in [5.74, 6) is -0.730. The third-order valence-electron chi connectivity index (χ3n) is 4.55. The second kappa shape index (κ2) is 8.07. The lowest BCUT2D eigenvalue weighted by Crippen LogP contribution is -2.31. The second-order valence-electron chi connectivity index (χ2n) is 6.51. The van der Waals surface area contributed by atoms with Crippen molar-refractivity contribution in [2.24, 2.45) is 0 Å². The Hall–Kier alpha value is -2.53. The second-order valence-corrected chi connectivity index (χ2v) is 8.43. The number of aryl methyl sites for hydroxylation is 1. The van der Waals surface area contributed by atoms with Crippen molar-refractivity contribution < 1.29 is 9.59 Å². The lowest BCUT2D eigenvalue weighted by molar-refractivity contribution is -0.119. The van der Waals surface area contributed by atoms with Crippen LogP contribution in [0.4, 0.5) is 5.69 Å². The highest BCUT2D eigenvalue weighted by Gasteiger charge is 2.40. The molecule has 2 amide bonds. The summed E-state index contributed by atoms with van der Waals surface area (Å²) in [6, 6.07) is 21.5. The van der Waals surface area contributed by atoms with Gasteiger partial charge in [-0.05, 0) is 54.4 Å². The maximum Gasteiger partial charge on any atom is 0.272 e. The predicted octanol–water partition coefficient (Wildman–Crippen LogP) is 6.38. The van der Waals surface area contributed by atoms with Crippen molar-refractivity contribution in [2.75, 3.05) is 4.90 Å². The van der Waals surface area contributed by atoms with Crippen LogP contribution in [-0.2, 0) is 9.59 Å². The molecule has 0 spiro atoms. The van der Waals surface area contributed by atoms with Crippen molar-refractivity contribution in [3.05, 3.63) is 98.9 Å². The van der Waals surface area contributed by atoms with E-state index >= 15 is 0 Å². The molecule has 3 nitrogen and oxygen atoms in total. The number of thioether (sulfide) groups is 1. The normalized spacial score (nSPS) is 14.1. The summed E-state index contributed by atoms with van der Waals surface area (Å²) in [7, 11) is 0. The maximum absolute atomic E-state index is 13.3. The van der Waals surface area contributed by atoms with E-state index in [1.807, 2.05) is 49.4 Å². The van der Waals surface area contributed by atoms with Gasteiger partial charge in [0.2, 0.25) is 0 Å². The third kappa shape index (κ3) is 3.84. The summed E-state index contributed by atoms with van der Waals surface area (Å²) in [6.45, 7) is 1.87. The smallest absolute Gasteiger partial charge is 0.268 e. The van der Waals surface area contributed by atoms with Crippen molar-refractivity contribution in [1.82, 2.24) is 0 Å². The largest absolute Gasteiger partial charge is 0.272 e. The number of halogens is 2. The molecule has 0 fully saturated rings. The molecule has 1 aliphatic heterocycles. The molecule has 3 aromatic carbocycles. The van der Waals surface area contributed by atoms with E-state index in [2.05, 4.69) is 0 Å². The zero-order chi connectivity index (χ0) is 20.5. The van der Waals surface area contributed by atoms with E-state index in [0.29, 0.717) is 31.8 Å². The lowest BCUT2D eigenvalue weighted by Gasteiger charge is -2.16. The molecular formula is C23H15Cl2NO2S. The Morgan fingerprint density at radius 2 is 1.52 bits per heavy atom. The third-order valence-corrected chi connectivity index (χ3v) is 6.30. The Morgan fingerprint density at radius 3 is 2.17 bits per heavy atom. The Labute approximate surface area is 182 Å². The number of hydrogen-bond donors (Lipinski definition) is 0. The minimum atomic E-state index is -0.367. The zero-order valence-electron chi connectivity index (χ0n) is 15.4. The van der Waals surface area contributed by atoms with Gasteiger partial charge in [-0.15, -0.1) is 0 Å². The van der Waals surface area contributed by atoms with Crippen LogP contribution in [-0.4, -0.2) is 11.8 Å². The van der Waals surface area contributed by atoms with Crippen LogP contribution in [0.25, 0.3) is 5.57 Å². The molecule has 0 unspecified atom stereocenters. The number of nitrogens with zero attached hydrogens (tertiary/aromatic N) is 1. The molecule has 0 saturated carbocycles. The molecule has 29 heavy (non-hydrogen) atoms. The van der Waals surface area contributed by atoms with Gasteiger partial charge in [0.25, 0.3) is 11.8 Å². The minimum Gasteiger partial charge on any atom is -0.268 e. The van der Waals surface area contributed by atoms with Gasteiger partial charge in [-0.25, -0.2) is 4.90 Å². The van der Waals surface area contributed by atoms with Gasteiger partial charge in [-0.3, -0.25) is 9.59 Å². The molecular weight excluding hydrogens is 425 g/mol. The number of carbonyl (C=O) groups excluding carboxylic acids is 2. The van der Waals surface area contributed by atoms with Crippen molar-refractivity contribution >= 4 is 58.0 Å². The van der Waals surface area contributed by atoms with Gasteiger partial charge in [-0.2, -0.15) is 0 Å². The summed E-state index contributed by atoms with van der Waals surface area (Å²) in [4.78, 5) is 29.0. The van der Waals surface area contributed by atoms with E-state index in [-0.39, 0.29) is 11.8 Å². The molecule has 4 rings (SSSR count). The van der Waals surface area contributed by atoms with Gasteiger partial charge >= 0.3 is 0 Å². The number of rotatable bonds is 4. The van der Waals surface area contributed by atoms with Crippen LogP contribution in [0.15, 0.2) is 82.6 Å². The highest BCUT2D eigenvalue weighted by molar-refractivity contribution is 8.04. The Kier molecular flexibility index (Phi) is 5.50. The van der Waals surface area contributed by atoms with Crippen LogP contribution >= 0.6 is 35.0 Å². The Bertz CT molecular complexity index is 1140. The van der Waals surface area contributed by atoms with Gasteiger partial charge in [0, 0.05) is 14.9 Å². The van der Waals surface area contributed by atoms with Crippen LogP contribution in [0, 0.1) is 6.92 Å². The fourth-order valence-electron chi connectivity index (χ4n) is 3.04. The standard InChI is InChI=1S/C23H15Cl2NO2S/c1-14-7-10-17(13-19(14)25)26-22(27)20(15-5-3-2-4-6-15)21(23(26)28)29-18-11-8-16(24)9-12-18/h2-13H,1H3. The number of carbonyl (C=O) groups is 2. The number of imide groups is 1. The average molecular weight is 440 g/mol. The minimum absolute atomic E-state index is 0.363. The number of amides is 2. The molecule has 0 radical (unpaired) electrons. The highest BCUT2D eigenvalue weighted by Crippen LogP contribution is 2.42. The van der Waals surface area contributed by atoms with Crippen LogP contribution in [0.5, 0.6) is 0 Å². The summed E-state index contributed by atoms with van der Waals surface area (Å²) in [6.07, 6.45) is 0. The van der Waals surface area contributed by atoms with E-state index in [1.54, 1.807) is 30.3 Å². The monoisotopic (exact) mass is 439 g/mol. The lowest BCUT2D eigenvalue weighted by atomic mass is 10.1. The van der Waals surface area contributed by atoms with Crippen LogP contribution in [0.1, 0.15) is 11.1 Å². The van der Waals surface area contributed by atoms with Crippen molar-refractivity contribution in [2.45, 2.75) is 11.8 Å². The Morgan fingerprint density at radius 1 is 0.828 bits per heavy atom. The predicted molar refractivity (Wildman–Crippen MR) is 119 cm³/mol. The maximum atomic E-state index is 13.3. The number of hydrogen-bond acceptors (Lipinski definition) is 3. The van der Waals surface area contributed by atoms with Gasteiger partial charge < -0.3 is 0 Å². The van der Waals surface area contributed by atoms with E-state index in [0.717, 1.165) is 10.5 Å². The van der Waals surface area contributed by atoms with Gasteiger partial charge in [0.15, 0.2) is 0 Å². The number of benzene rings is 3. The van der Waals surface area contributed by atoms with E-state index in [1.165, 1.54) is 16.7 Å². The van der Waals surface area contributed by atoms with Crippen molar-refractivity contribution in [1.29, 1.82) is 0 Å². The molecule has 6 heteroatoms. The molecule has 0 aliphatic carbocycles. The fourth-order valence-corrected chi connectivity index (χ4v) is 4.33. The van der Waals surface area contributed by atoms with E-state index in [4.69, 9.17) is 23.2 Å². The zero-order valence-corrected chi connectivity index (χ0v) is 17.7. The molecule has 1 heterocycles. The fraction of sp³-hybridized carbons (Fsp3) is 0.0435. The molecule has 0 saturated heterocycles. The average Bonchev–Trinajstić information content (AvgIpc) is 2.96. The summed E-state index contributed by atoms with van der Waals surface area (Å²) < 4.78 is 0. The van der Waals surface area contributed by atoms with Gasteiger partial charge in [0.1, 0.15) is 0 Å². The first-order chi connectivity index (χ1) is 14.0. The van der Waals surface area contributed by atoms with E-state index in [9.17, 15) is 9.59 Å². The van der Waals surface area contributed by atoms with Gasteiger partial charge in [-0.1, -0.05) is 71.4 Å². The summed E-state index contributed by atoms with van der Waals surface area (Å²) in [5, 5.41) is 1.11. The quantitative estimate of drug-likeness (QED) is 0.442. The molecule has 0 N–H and O–H groups in total. The molecule has 1 aliphatic rings.